The second kappa shape index (κ2) is 9.91. The number of benzene rings is 1. The number of ether oxygens (including phenoxy) is 1. The molecule has 31 heavy (non-hydrogen) atoms. The predicted molar refractivity (Wildman–Crippen MR) is 114 cm³/mol. The summed E-state index contributed by atoms with van der Waals surface area (Å²) in [7, 11) is 0. The number of primary amides is 1. The molecule has 1 amide bonds. The SMILES string of the molecule is Cc1ncccc1Cn1c(CCOC(N)=O)nc(C(C)C)c1Sc1cc(F)cc(F)c1. The van der Waals surface area contributed by atoms with Crippen molar-refractivity contribution >= 4 is 17.9 Å². The van der Waals surface area contributed by atoms with E-state index in [0.717, 1.165) is 28.0 Å². The van der Waals surface area contributed by atoms with Gasteiger partial charge in [-0.25, -0.2) is 18.6 Å². The van der Waals surface area contributed by atoms with Crippen LogP contribution in [0.1, 0.15) is 42.5 Å². The normalized spacial score (nSPS) is 11.2. The third kappa shape index (κ3) is 5.81. The van der Waals surface area contributed by atoms with Crippen LogP contribution in [0.25, 0.3) is 0 Å². The van der Waals surface area contributed by atoms with Gasteiger partial charge in [-0.15, -0.1) is 0 Å². The van der Waals surface area contributed by atoms with Crippen LogP contribution in [0.4, 0.5) is 13.6 Å². The largest absolute Gasteiger partial charge is 0.449 e. The van der Waals surface area contributed by atoms with Gasteiger partial charge >= 0.3 is 6.09 Å². The molecule has 0 atom stereocenters. The van der Waals surface area contributed by atoms with Gasteiger partial charge in [-0.2, -0.15) is 0 Å². The molecule has 2 aromatic heterocycles. The van der Waals surface area contributed by atoms with Crippen LogP contribution in [0.2, 0.25) is 0 Å². The molecule has 2 N–H and O–H groups in total. The first-order chi connectivity index (χ1) is 14.7. The number of halogens is 2. The first-order valence-electron chi connectivity index (χ1n) is 9.80. The number of amides is 1. The maximum absolute atomic E-state index is 13.8. The second-order valence-corrected chi connectivity index (χ2v) is 8.39. The van der Waals surface area contributed by atoms with Crippen molar-refractivity contribution < 1.29 is 18.3 Å². The molecule has 0 unspecified atom stereocenters. The number of imidazole rings is 1. The van der Waals surface area contributed by atoms with E-state index in [4.69, 9.17) is 15.5 Å². The Hall–Kier alpha value is -2.94. The summed E-state index contributed by atoms with van der Waals surface area (Å²) in [5.74, 6) is -0.531. The smallest absolute Gasteiger partial charge is 0.404 e. The van der Waals surface area contributed by atoms with E-state index in [1.807, 2.05) is 37.5 Å². The van der Waals surface area contributed by atoms with E-state index >= 15 is 0 Å². The lowest BCUT2D eigenvalue weighted by Gasteiger charge is -2.15. The summed E-state index contributed by atoms with van der Waals surface area (Å²) in [6.07, 6.45) is 1.22. The topological polar surface area (TPSA) is 83.0 Å². The Morgan fingerprint density at radius 3 is 2.58 bits per heavy atom. The number of nitrogens with two attached hydrogens (primary N) is 1. The Morgan fingerprint density at radius 1 is 1.26 bits per heavy atom. The Labute approximate surface area is 183 Å². The zero-order valence-corrected chi connectivity index (χ0v) is 18.4. The van der Waals surface area contributed by atoms with E-state index < -0.39 is 17.7 Å². The number of hydrogen-bond donors (Lipinski definition) is 1. The van der Waals surface area contributed by atoms with Crippen molar-refractivity contribution in [2.24, 2.45) is 5.73 Å². The molecular formula is C22H24F2N4O2S. The average Bonchev–Trinajstić information content (AvgIpc) is 3.00. The third-order valence-electron chi connectivity index (χ3n) is 4.64. The molecule has 2 heterocycles. The molecule has 164 valence electrons. The first-order valence-corrected chi connectivity index (χ1v) is 10.6. The van der Waals surface area contributed by atoms with Gasteiger partial charge in [0, 0.05) is 29.3 Å². The fraction of sp³-hybridized carbons (Fsp3) is 0.318. The summed E-state index contributed by atoms with van der Waals surface area (Å²) >= 11 is 1.25. The van der Waals surface area contributed by atoms with Gasteiger partial charge in [0.25, 0.3) is 0 Å². The van der Waals surface area contributed by atoms with Crippen molar-refractivity contribution in [3.63, 3.8) is 0 Å². The average molecular weight is 447 g/mol. The number of aromatic nitrogens is 3. The molecule has 3 aromatic rings. The quantitative estimate of drug-likeness (QED) is 0.536. The number of nitrogens with zero attached hydrogens (tertiary/aromatic N) is 3. The van der Waals surface area contributed by atoms with E-state index in [1.165, 1.54) is 23.9 Å². The summed E-state index contributed by atoms with van der Waals surface area (Å²) in [5, 5.41) is 0.775. The van der Waals surface area contributed by atoms with Gasteiger partial charge in [0.1, 0.15) is 29.1 Å². The zero-order valence-electron chi connectivity index (χ0n) is 17.6. The molecule has 0 bridgehead atoms. The first kappa shape index (κ1) is 22.7. The molecule has 0 radical (unpaired) electrons. The monoisotopic (exact) mass is 446 g/mol. The van der Waals surface area contributed by atoms with Crippen LogP contribution in [0, 0.1) is 18.6 Å². The van der Waals surface area contributed by atoms with Crippen molar-refractivity contribution in [2.45, 2.75) is 49.6 Å². The van der Waals surface area contributed by atoms with Gasteiger partial charge < -0.3 is 15.0 Å². The maximum Gasteiger partial charge on any atom is 0.404 e. The molecular weight excluding hydrogens is 422 g/mol. The van der Waals surface area contributed by atoms with E-state index in [2.05, 4.69) is 4.98 Å². The molecule has 0 saturated heterocycles. The van der Waals surface area contributed by atoms with Gasteiger partial charge in [-0.05, 0) is 36.6 Å². The van der Waals surface area contributed by atoms with E-state index in [0.29, 0.717) is 23.7 Å². The van der Waals surface area contributed by atoms with Gasteiger partial charge in [0.2, 0.25) is 0 Å². The summed E-state index contributed by atoms with van der Waals surface area (Å²) in [5.41, 5.74) is 7.73. The maximum atomic E-state index is 13.8. The van der Waals surface area contributed by atoms with Crippen molar-refractivity contribution in [1.82, 2.24) is 14.5 Å². The fourth-order valence-electron chi connectivity index (χ4n) is 3.14. The van der Waals surface area contributed by atoms with E-state index in [1.54, 1.807) is 6.20 Å². The summed E-state index contributed by atoms with van der Waals surface area (Å²) in [6.45, 7) is 6.46. The lowest BCUT2D eigenvalue weighted by Crippen LogP contribution is -2.16. The Kier molecular flexibility index (Phi) is 7.27. The van der Waals surface area contributed by atoms with Gasteiger partial charge in [-0.1, -0.05) is 31.7 Å². The predicted octanol–water partition coefficient (Wildman–Crippen LogP) is 4.83. The highest BCUT2D eigenvalue weighted by atomic mass is 32.2. The highest BCUT2D eigenvalue weighted by molar-refractivity contribution is 7.99. The van der Waals surface area contributed by atoms with Crippen LogP contribution in [0.5, 0.6) is 0 Å². The standard InChI is InChI=1S/C22H24F2N4O2S/c1-13(2)20-21(31-18-10-16(23)9-17(24)11-18)28(12-15-5-4-7-26-14(15)3)19(27-20)6-8-30-22(25)29/h4-5,7,9-11,13H,6,8,12H2,1-3H3,(H2,25,29). The molecule has 0 saturated carbocycles. The van der Waals surface area contributed by atoms with Crippen molar-refractivity contribution in [3.05, 3.63) is 70.9 Å². The van der Waals surface area contributed by atoms with Crippen molar-refractivity contribution in [3.8, 4) is 0 Å². The summed E-state index contributed by atoms with van der Waals surface area (Å²) in [6, 6.07) is 7.25. The molecule has 0 aliphatic carbocycles. The summed E-state index contributed by atoms with van der Waals surface area (Å²) < 4.78 is 34.5. The fourth-order valence-corrected chi connectivity index (χ4v) is 4.37. The molecule has 6 nitrogen and oxygen atoms in total. The lowest BCUT2D eigenvalue weighted by molar-refractivity contribution is 0.157. The van der Waals surface area contributed by atoms with E-state index in [-0.39, 0.29) is 12.5 Å². The van der Waals surface area contributed by atoms with Gasteiger partial charge in [-0.3, -0.25) is 4.98 Å². The van der Waals surface area contributed by atoms with Crippen LogP contribution in [-0.2, 0) is 17.7 Å². The zero-order chi connectivity index (χ0) is 22.5. The number of carbonyl (C=O) groups excluding carboxylic acids is 1. The molecule has 0 aliphatic rings. The van der Waals surface area contributed by atoms with Gasteiger partial charge in [0.15, 0.2) is 0 Å². The minimum atomic E-state index is -0.852. The number of carbonyl (C=O) groups is 1. The third-order valence-corrected chi connectivity index (χ3v) is 5.73. The second-order valence-electron chi connectivity index (χ2n) is 7.33. The van der Waals surface area contributed by atoms with Crippen LogP contribution < -0.4 is 5.73 Å². The van der Waals surface area contributed by atoms with Crippen molar-refractivity contribution in [1.29, 1.82) is 0 Å². The van der Waals surface area contributed by atoms with Crippen LogP contribution >= 0.6 is 11.8 Å². The molecule has 3 rings (SSSR count). The number of hydrogen-bond acceptors (Lipinski definition) is 5. The molecule has 1 aromatic carbocycles. The van der Waals surface area contributed by atoms with Crippen LogP contribution in [-0.4, -0.2) is 27.2 Å². The minimum absolute atomic E-state index is 0.0629. The number of pyridine rings is 1. The molecule has 9 heteroatoms. The molecule has 0 fully saturated rings. The minimum Gasteiger partial charge on any atom is -0.449 e. The number of aryl methyl sites for hydroxylation is 1. The highest BCUT2D eigenvalue weighted by Gasteiger charge is 2.22. The lowest BCUT2D eigenvalue weighted by atomic mass is 10.1. The van der Waals surface area contributed by atoms with Gasteiger partial charge in [0.05, 0.1) is 12.2 Å². The van der Waals surface area contributed by atoms with Crippen molar-refractivity contribution in [2.75, 3.05) is 6.61 Å². The molecule has 0 aliphatic heterocycles. The number of rotatable bonds is 8. The molecule has 0 spiro atoms. The summed E-state index contributed by atoms with van der Waals surface area (Å²) in [4.78, 5) is 20.5. The Balaban J connectivity index is 2.07. The van der Waals surface area contributed by atoms with E-state index in [9.17, 15) is 13.6 Å². The van der Waals surface area contributed by atoms with Crippen LogP contribution in [0.3, 0.4) is 0 Å². The Bertz CT molecular complexity index is 1070. The highest BCUT2D eigenvalue weighted by Crippen LogP contribution is 2.36. The Morgan fingerprint density at radius 2 is 1.97 bits per heavy atom. The van der Waals surface area contributed by atoms with Crippen LogP contribution in [0.15, 0.2) is 46.5 Å².